The van der Waals surface area contributed by atoms with Crippen LogP contribution in [0.3, 0.4) is 0 Å². The van der Waals surface area contributed by atoms with Crippen molar-refractivity contribution in [3.63, 3.8) is 0 Å². The molecule has 0 aliphatic heterocycles. The first kappa shape index (κ1) is 13.5. The van der Waals surface area contributed by atoms with Crippen LogP contribution in [0.25, 0.3) is 6.08 Å². The van der Waals surface area contributed by atoms with Gasteiger partial charge in [0.05, 0.1) is 0 Å². The molecular formula is C8H6BrNaO2S. The summed E-state index contributed by atoms with van der Waals surface area (Å²) in [7, 11) is 0. The van der Waals surface area contributed by atoms with Crippen molar-refractivity contribution in [2.45, 2.75) is 0 Å². The van der Waals surface area contributed by atoms with Crippen LogP contribution in [0, 0.1) is 0 Å². The van der Waals surface area contributed by atoms with E-state index >= 15 is 0 Å². The molecule has 64 valence electrons. The Bertz CT molecular complexity index is 310. The van der Waals surface area contributed by atoms with E-state index in [0.29, 0.717) is 0 Å². The Morgan fingerprint density at radius 1 is 1.31 bits per heavy atom. The maximum atomic E-state index is 10.1. The van der Waals surface area contributed by atoms with E-state index in [1.165, 1.54) is 6.08 Å². The van der Waals surface area contributed by atoms with Crippen molar-refractivity contribution in [3.8, 4) is 0 Å². The maximum absolute atomic E-state index is 10.1. The van der Waals surface area contributed by atoms with Gasteiger partial charge in [-0.3, -0.25) is 4.21 Å². The molecule has 0 aromatic heterocycles. The number of benzene rings is 1. The molecule has 1 aromatic carbocycles. The van der Waals surface area contributed by atoms with Gasteiger partial charge in [0.25, 0.3) is 0 Å². The van der Waals surface area contributed by atoms with E-state index in [0.717, 1.165) is 15.4 Å². The average Bonchev–Trinajstić information content (AvgIpc) is 2.03. The molecule has 0 aliphatic carbocycles. The van der Waals surface area contributed by atoms with Crippen LogP contribution in [0.15, 0.2) is 34.1 Å². The van der Waals surface area contributed by atoms with Crippen molar-refractivity contribution in [1.29, 1.82) is 0 Å². The summed E-state index contributed by atoms with van der Waals surface area (Å²) in [6.07, 6.45) is 1.54. The van der Waals surface area contributed by atoms with Crippen molar-refractivity contribution in [3.05, 3.63) is 39.7 Å². The number of rotatable bonds is 2. The molecule has 0 spiro atoms. The van der Waals surface area contributed by atoms with Gasteiger partial charge in [0.2, 0.25) is 0 Å². The summed E-state index contributed by atoms with van der Waals surface area (Å²) >= 11 is 1.17. The predicted molar refractivity (Wildman–Crippen MR) is 52.1 cm³/mol. The molecule has 0 bridgehead atoms. The monoisotopic (exact) mass is 268 g/mol. The van der Waals surface area contributed by atoms with Crippen LogP contribution in [0.1, 0.15) is 5.56 Å². The van der Waals surface area contributed by atoms with E-state index in [9.17, 15) is 8.76 Å². The van der Waals surface area contributed by atoms with Gasteiger partial charge in [-0.15, -0.1) is 0 Å². The Balaban J connectivity index is 0.00000144. The summed E-state index contributed by atoms with van der Waals surface area (Å²) in [6.45, 7) is 0. The summed E-state index contributed by atoms with van der Waals surface area (Å²) in [5.41, 5.74) is 0.863. The first-order chi connectivity index (χ1) is 5.68. The van der Waals surface area contributed by atoms with E-state index in [-0.39, 0.29) is 29.6 Å². The zero-order valence-corrected chi connectivity index (χ0v) is 11.5. The van der Waals surface area contributed by atoms with Crippen LogP contribution >= 0.6 is 15.9 Å². The molecule has 2 nitrogen and oxygen atoms in total. The van der Waals surface area contributed by atoms with E-state index in [1.807, 2.05) is 24.3 Å². The Morgan fingerprint density at radius 2 is 1.85 bits per heavy atom. The van der Waals surface area contributed by atoms with E-state index < -0.39 is 11.1 Å². The molecule has 0 heterocycles. The minimum absolute atomic E-state index is 0. The fraction of sp³-hybridized carbons (Fsp3) is 0. The van der Waals surface area contributed by atoms with Crippen molar-refractivity contribution in [2.24, 2.45) is 0 Å². The summed E-state index contributed by atoms with van der Waals surface area (Å²) in [5, 5.41) is 1.11. The zero-order valence-electron chi connectivity index (χ0n) is 7.07. The van der Waals surface area contributed by atoms with Gasteiger partial charge in [0.1, 0.15) is 0 Å². The van der Waals surface area contributed by atoms with Gasteiger partial charge in [-0.1, -0.05) is 28.1 Å². The molecule has 1 atom stereocenters. The Labute approximate surface area is 110 Å². The fourth-order valence-electron chi connectivity index (χ4n) is 0.708. The van der Waals surface area contributed by atoms with Crippen molar-refractivity contribution >= 4 is 33.1 Å². The summed E-state index contributed by atoms with van der Waals surface area (Å²) < 4.78 is 21.3. The molecule has 0 amide bonds. The second-order valence-corrected chi connectivity index (χ2v) is 3.82. The zero-order chi connectivity index (χ0) is 8.97. The first-order valence-corrected chi connectivity index (χ1v) is 5.13. The summed E-state index contributed by atoms with van der Waals surface area (Å²) in [5.74, 6) is 0. The van der Waals surface area contributed by atoms with Crippen LogP contribution in [0.5, 0.6) is 0 Å². The predicted octanol–water partition coefficient (Wildman–Crippen LogP) is -0.697. The first-order valence-electron chi connectivity index (χ1n) is 3.20. The topological polar surface area (TPSA) is 40.1 Å². The smallest absolute Gasteiger partial charge is 0.769 e. The third kappa shape index (κ3) is 5.78. The normalized spacial score (nSPS) is 12.5. The molecule has 1 aromatic rings. The van der Waals surface area contributed by atoms with E-state index in [4.69, 9.17) is 0 Å². The SMILES string of the molecule is O=S([O-])/C=C/c1ccc(Br)cc1.[Na+]. The van der Waals surface area contributed by atoms with Crippen LogP contribution < -0.4 is 29.6 Å². The van der Waals surface area contributed by atoms with Gasteiger partial charge in [0.15, 0.2) is 0 Å². The molecule has 0 aliphatic rings. The second-order valence-electron chi connectivity index (χ2n) is 2.11. The molecule has 0 radical (unpaired) electrons. The summed E-state index contributed by atoms with van der Waals surface area (Å²) in [6, 6.07) is 7.36. The standard InChI is InChI=1S/C8H7BrO2S.Na/c9-8-3-1-7(2-4-8)5-6-12(10)11;/h1-6H,(H,10,11);/q;+1/p-1/b6-5+;. The summed E-state index contributed by atoms with van der Waals surface area (Å²) in [4.78, 5) is 0. The molecule has 0 saturated carbocycles. The van der Waals surface area contributed by atoms with E-state index in [1.54, 1.807) is 0 Å². The average molecular weight is 269 g/mol. The quantitative estimate of drug-likeness (QED) is 0.526. The van der Waals surface area contributed by atoms with Crippen LogP contribution in [0.2, 0.25) is 0 Å². The van der Waals surface area contributed by atoms with Crippen LogP contribution in [0.4, 0.5) is 0 Å². The molecule has 5 heteroatoms. The third-order valence-corrected chi connectivity index (χ3v) is 2.13. The molecular weight excluding hydrogens is 263 g/mol. The van der Waals surface area contributed by atoms with Crippen molar-refractivity contribution in [2.75, 3.05) is 0 Å². The number of hydrogen-bond acceptors (Lipinski definition) is 2. The minimum Gasteiger partial charge on any atom is -0.769 e. The van der Waals surface area contributed by atoms with Gasteiger partial charge in [-0.2, -0.15) is 0 Å². The van der Waals surface area contributed by atoms with Gasteiger partial charge in [-0.05, 0) is 40.3 Å². The fourth-order valence-corrected chi connectivity index (χ4v) is 1.24. The largest absolute Gasteiger partial charge is 1.00 e. The van der Waals surface area contributed by atoms with Gasteiger partial charge in [0, 0.05) is 4.47 Å². The van der Waals surface area contributed by atoms with Gasteiger partial charge in [-0.25, -0.2) is 0 Å². The Kier molecular flexibility index (Phi) is 7.22. The number of hydrogen-bond donors (Lipinski definition) is 0. The third-order valence-electron chi connectivity index (χ3n) is 1.24. The van der Waals surface area contributed by atoms with Crippen molar-refractivity contribution < 1.29 is 38.3 Å². The van der Waals surface area contributed by atoms with Crippen LogP contribution in [-0.2, 0) is 11.1 Å². The molecule has 0 N–H and O–H groups in total. The van der Waals surface area contributed by atoms with Crippen LogP contribution in [-0.4, -0.2) is 8.76 Å². The Hall–Kier alpha value is 0.550. The van der Waals surface area contributed by atoms with Gasteiger partial charge < -0.3 is 4.55 Å². The maximum Gasteiger partial charge on any atom is 1.00 e. The molecule has 1 rings (SSSR count). The van der Waals surface area contributed by atoms with E-state index in [2.05, 4.69) is 15.9 Å². The molecule has 1 unspecified atom stereocenters. The minimum atomic E-state index is -2.11. The van der Waals surface area contributed by atoms with Gasteiger partial charge >= 0.3 is 29.6 Å². The second kappa shape index (κ2) is 6.92. The molecule has 0 saturated heterocycles. The number of halogens is 1. The van der Waals surface area contributed by atoms with Crippen molar-refractivity contribution in [1.82, 2.24) is 0 Å². The molecule has 13 heavy (non-hydrogen) atoms. The molecule has 0 fully saturated rings. The Morgan fingerprint density at radius 3 is 2.31 bits per heavy atom.